The number of ether oxygens (including phenoxy) is 3. The summed E-state index contributed by atoms with van der Waals surface area (Å²) in [5.74, 6) is 0.782. The van der Waals surface area contributed by atoms with Crippen molar-refractivity contribution < 1.29 is 19.0 Å². The number of rotatable bonds is 4. The fraction of sp³-hybridized carbons (Fsp3) is 0.462. The van der Waals surface area contributed by atoms with Crippen LogP contribution in [0.3, 0.4) is 0 Å². The molecule has 1 N–H and O–H groups in total. The number of hydrogen-bond acceptors (Lipinski definition) is 4. The van der Waals surface area contributed by atoms with Crippen LogP contribution in [0.5, 0.6) is 11.5 Å². The molecule has 0 radical (unpaired) electrons. The summed E-state index contributed by atoms with van der Waals surface area (Å²) in [6.45, 7) is 1.08. The molecule has 5 nitrogen and oxygen atoms in total. The third-order valence-electron chi connectivity index (χ3n) is 3.03. The number of hydrogen-bond donors (Lipinski definition) is 1. The standard InChI is InChI=1S/C13H16ClNO4/c1-17-11-6-10(12(18-2)5-9(11)14)15-13(16)8-3-4-19-7-8/h5-6,8H,3-4,7H2,1-2H3,(H,15,16). The molecule has 1 aromatic carbocycles. The maximum absolute atomic E-state index is 12.0. The third kappa shape index (κ3) is 3.11. The Kier molecular flexibility index (Phi) is 4.50. The first kappa shape index (κ1) is 14.0. The monoisotopic (exact) mass is 285 g/mol. The maximum Gasteiger partial charge on any atom is 0.230 e. The molecular formula is C13H16ClNO4. The third-order valence-corrected chi connectivity index (χ3v) is 3.33. The minimum Gasteiger partial charge on any atom is -0.495 e. The van der Waals surface area contributed by atoms with E-state index in [9.17, 15) is 4.79 Å². The summed E-state index contributed by atoms with van der Waals surface area (Å²) < 4.78 is 15.5. The Bertz CT molecular complexity index is 472. The van der Waals surface area contributed by atoms with E-state index in [2.05, 4.69) is 5.32 Å². The largest absolute Gasteiger partial charge is 0.495 e. The van der Waals surface area contributed by atoms with Gasteiger partial charge in [-0.15, -0.1) is 0 Å². The summed E-state index contributed by atoms with van der Waals surface area (Å²) in [5.41, 5.74) is 0.542. The van der Waals surface area contributed by atoms with Crippen LogP contribution in [0.4, 0.5) is 5.69 Å². The van der Waals surface area contributed by atoms with Gasteiger partial charge in [0.1, 0.15) is 11.5 Å². The number of carbonyl (C=O) groups excluding carboxylic acids is 1. The highest BCUT2D eigenvalue weighted by atomic mass is 35.5. The summed E-state index contributed by atoms with van der Waals surface area (Å²) in [7, 11) is 3.04. The smallest absolute Gasteiger partial charge is 0.230 e. The lowest BCUT2D eigenvalue weighted by Gasteiger charge is -2.14. The van der Waals surface area contributed by atoms with Gasteiger partial charge in [0.25, 0.3) is 0 Å². The van der Waals surface area contributed by atoms with Crippen LogP contribution in [0.25, 0.3) is 0 Å². The molecule has 1 unspecified atom stereocenters. The van der Waals surface area contributed by atoms with Crippen molar-refractivity contribution in [2.75, 3.05) is 32.8 Å². The van der Waals surface area contributed by atoms with Crippen molar-refractivity contribution in [2.45, 2.75) is 6.42 Å². The molecule has 1 heterocycles. The van der Waals surface area contributed by atoms with Gasteiger partial charge in [-0.05, 0) is 6.42 Å². The highest BCUT2D eigenvalue weighted by Crippen LogP contribution is 2.36. The van der Waals surface area contributed by atoms with Crippen LogP contribution in [0, 0.1) is 5.92 Å². The minimum absolute atomic E-state index is 0.0832. The number of nitrogens with one attached hydrogen (secondary N) is 1. The molecule has 0 saturated carbocycles. The van der Waals surface area contributed by atoms with Crippen LogP contribution >= 0.6 is 11.6 Å². The lowest BCUT2D eigenvalue weighted by Crippen LogP contribution is -2.23. The van der Waals surface area contributed by atoms with E-state index >= 15 is 0 Å². The van der Waals surface area contributed by atoms with Crippen LogP contribution in [-0.2, 0) is 9.53 Å². The molecular weight excluding hydrogens is 270 g/mol. The van der Waals surface area contributed by atoms with Gasteiger partial charge in [-0.25, -0.2) is 0 Å². The molecule has 0 spiro atoms. The van der Waals surface area contributed by atoms with Crippen LogP contribution in [0.1, 0.15) is 6.42 Å². The molecule has 19 heavy (non-hydrogen) atoms. The number of amides is 1. The molecule has 1 fully saturated rings. The normalized spacial score (nSPS) is 18.2. The average molecular weight is 286 g/mol. The number of carbonyl (C=O) groups is 1. The summed E-state index contributed by atoms with van der Waals surface area (Å²) in [6, 6.07) is 3.26. The van der Waals surface area contributed by atoms with Gasteiger partial charge in [-0.2, -0.15) is 0 Å². The van der Waals surface area contributed by atoms with Gasteiger partial charge >= 0.3 is 0 Å². The summed E-state index contributed by atoms with van der Waals surface area (Å²) >= 11 is 6.01. The summed E-state index contributed by atoms with van der Waals surface area (Å²) in [6.07, 6.45) is 0.735. The zero-order chi connectivity index (χ0) is 13.8. The topological polar surface area (TPSA) is 56.8 Å². The van der Waals surface area contributed by atoms with Gasteiger partial charge in [0, 0.05) is 18.7 Å². The van der Waals surface area contributed by atoms with E-state index in [0.717, 1.165) is 6.42 Å². The molecule has 1 aromatic rings. The Morgan fingerprint density at radius 3 is 2.68 bits per heavy atom. The molecule has 1 amide bonds. The predicted octanol–water partition coefficient (Wildman–Crippen LogP) is 2.33. The second-order valence-electron chi connectivity index (χ2n) is 4.24. The lowest BCUT2D eigenvalue weighted by molar-refractivity contribution is -0.119. The summed E-state index contributed by atoms with van der Waals surface area (Å²) in [5, 5.41) is 3.25. The van der Waals surface area contributed by atoms with Crippen LogP contribution in [0.2, 0.25) is 5.02 Å². The quantitative estimate of drug-likeness (QED) is 0.922. The van der Waals surface area contributed by atoms with Crippen molar-refractivity contribution in [1.29, 1.82) is 0 Å². The molecule has 1 saturated heterocycles. The Labute approximate surface area is 116 Å². The van der Waals surface area contributed by atoms with Gasteiger partial charge in [0.05, 0.1) is 37.5 Å². The van der Waals surface area contributed by atoms with E-state index in [4.69, 9.17) is 25.8 Å². The van der Waals surface area contributed by atoms with E-state index in [1.807, 2.05) is 0 Å². The van der Waals surface area contributed by atoms with Crippen molar-refractivity contribution in [1.82, 2.24) is 0 Å². The highest BCUT2D eigenvalue weighted by Gasteiger charge is 2.24. The van der Waals surface area contributed by atoms with Crippen LogP contribution < -0.4 is 14.8 Å². The molecule has 1 aliphatic heterocycles. The first-order chi connectivity index (χ1) is 9.15. The Morgan fingerprint density at radius 1 is 1.37 bits per heavy atom. The van der Waals surface area contributed by atoms with E-state index in [1.165, 1.54) is 14.2 Å². The van der Waals surface area contributed by atoms with Gasteiger partial charge in [0.2, 0.25) is 5.91 Å². The van der Waals surface area contributed by atoms with E-state index in [-0.39, 0.29) is 11.8 Å². The zero-order valence-electron chi connectivity index (χ0n) is 10.9. The fourth-order valence-corrected chi connectivity index (χ4v) is 2.17. The van der Waals surface area contributed by atoms with Crippen LogP contribution in [0.15, 0.2) is 12.1 Å². The number of methoxy groups -OCH3 is 2. The minimum atomic E-state index is -0.119. The maximum atomic E-state index is 12.0. The first-order valence-corrected chi connectivity index (χ1v) is 6.33. The van der Waals surface area contributed by atoms with Crippen molar-refractivity contribution in [3.05, 3.63) is 17.2 Å². The molecule has 2 rings (SSSR count). The Balaban J connectivity index is 2.20. The average Bonchev–Trinajstić information content (AvgIpc) is 2.94. The lowest BCUT2D eigenvalue weighted by atomic mass is 10.1. The van der Waals surface area contributed by atoms with Gasteiger partial charge in [-0.3, -0.25) is 4.79 Å². The molecule has 1 atom stereocenters. The number of halogens is 1. The predicted molar refractivity (Wildman–Crippen MR) is 72.1 cm³/mol. The molecule has 0 bridgehead atoms. The number of benzene rings is 1. The molecule has 1 aliphatic rings. The molecule has 0 aromatic heterocycles. The Morgan fingerprint density at radius 2 is 2.11 bits per heavy atom. The SMILES string of the molecule is COc1cc(NC(=O)C2CCOC2)c(OC)cc1Cl. The van der Waals surface area contributed by atoms with E-state index in [0.29, 0.717) is 35.4 Å². The number of anilines is 1. The van der Waals surface area contributed by atoms with Gasteiger partial charge < -0.3 is 19.5 Å². The molecule has 104 valence electrons. The first-order valence-electron chi connectivity index (χ1n) is 5.96. The van der Waals surface area contributed by atoms with E-state index < -0.39 is 0 Å². The van der Waals surface area contributed by atoms with Crippen molar-refractivity contribution in [3.63, 3.8) is 0 Å². The van der Waals surface area contributed by atoms with Gasteiger partial charge in [0.15, 0.2) is 0 Å². The molecule has 6 heteroatoms. The fourth-order valence-electron chi connectivity index (χ4n) is 1.93. The van der Waals surface area contributed by atoms with Gasteiger partial charge in [-0.1, -0.05) is 11.6 Å². The second kappa shape index (κ2) is 6.12. The van der Waals surface area contributed by atoms with E-state index in [1.54, 1.807) is 12.1 Å². The zero-order valence-corrected chi connectivity index (χ0v) is 11.6. The van der Waals surface area contributed by atoms with Crippen molar-refractivity contribution >= 4 is 23.2 Å². The molecule has 0 aliphatic carbocycles. The van der Waals surface area contributed by atoms with Crippen LogP contribution in [-0.4, -0.2) is 33.3 Å². The van der Waals surface area contributed by atoms with Crippen molar-refractivity contribution in [2.24, 2.45) is 5.92 Å². The van der Waals surface area contributed by atoms with Crippen molar-refractivity contribution in [3.8, 4) is 11.5 Å². The Hall–Kier alpha value is -1.46. The highest BCUT2D eigenvalue weighted by molar-refractivity contribution is 6.32. The second-order valence-corrected chi connectivity index (χ2v) is 4.64. The summed E-state index contributed by atoms with van der Waals surface area (Å²) in [4.78, 5) is 12.0.